The van der Waals surface area contributed by atoms with Crippen LogP contribution < -0.4 is 0 Å². The summed E-state index contributed by atoms with van der Waals surface area (Å²) >= 11 is 4.32. The molecule has 0 aliphatic rings. The lowest BCUT2D eigenvalue weighted by Crippen LogP contribution is -2.12. The van der Waals surface area contributed by atoms with Gasteiger partial charge in [0, 0.05) is 4.91 Å². The first-order chi connectivity index (χ1) is 8.80. The Morgan fingerprint density at radius 2 is 1.74 bits per heavy atom. The highest BCUT2D eigenvalue weighted by atomic mass is 32.1. The van der Waals surface area contributed by atoms with Crippen molar-refractivity contribution in [3.8, 4) is 0 Å². The summed E-state index contributed by atoms with van der Waals surface area (Å²) in [4.78, 5) is 0.710. The van der Waals surface area contributed by atoms with Crippen LogP contribution in [0, 0.1) is 0 Å². The summed E-state index contributed by atoms with van der Waals surface area (Å²) in [7, 11) is 0. The normalized spacial score (nSPS) is 11.5. The lowest BCUT2D eigenvalue weighted by atomic mass is 10.1. The van der Waals surface area contributed by atoms with Crippen molar-refractivity contribution in [1.29, 1.82) is 0 Å². The van der Waals surface area contributed by atoms with Crippen LogP contribution in [0.25, 0.3) is 4.91 Å². The molecule has 19 heavy (non-hydrogen) atoms. The average molecular weight is 282 g/mol. The largest absolute Gasteiger partial charge is 0.238 e. The van der Waals surface area contributed by atoms with Crippen molar-refractivity contribution in [2.24, 2.45) is 0 Å². The second-order valence-corrected chi connectivity index (χ2v) is 5.05. The molecule has 0 atom stereocenters. The smallest absolute Gasteiger partial charge is 0.149 e. The third kappa shape index (κ3) is 6.53. The molecular formula is C15H23FN2S. The highest BCUT2D eigenvalue weighted by Gasteiger charge is 2.20. The molecule has 0 saturated carbocycles. The average Bonchev–Trinajstić information content (AvgIpc) is 2.37. The highest BCUT2D eigenvalue weighted by molar-refractivity contribution is 7.90. The minimum absolute atomic E-state index is 0.324. The van der Waals surface area contributed by atoms with Gasteiger partial charge in [-0.25, -0.2) is 4.39 Å². The van der Waals surface area contributed by atoms with Gasteiger partial charge in [-0.05, 0) is 45.9 Å². The first-order valence-electron chi connectivity index (χ1n) is 6.38. The van der Waals surface area contributed by atoms with Gasteiger partial charge in [0.05, 0.1) is 11.4 Å². The molecule has 0 fully saturated rings. The molecule has 4 heteroatoms. The Bertz CT molecular complexity index is 438. The molecule has 1 heterocycles. The molecule has 0 N–H and O–H groups in total. The van der Waals surface area contributed by atoms with Gasteiger partial charge >= 0.3 is 0 Å². The van der Waals surface area contributed by atoms with E-state index in [4.69, 9.17) is 0 Å². The van der Waals surface area contributed by atoms with Crippen molar-refractivity contribution < 1.29 is 4.39 Å². The highest BCUT2D eigenvalue weighted by Crippen LogP contribution is 2.23. The van der Waals surface area contributed by atoms with Gasteiger partial charge < -0.3 is 0 Å². The maximum Gasteiger partial charge on any atom is 0.149 e. The van der Waals surface area contributed by atoms with E-state index < -0.39 is 5.67 Å². The standard InChI is InChI=1S/C13H17FN2S.C2H6/c1-9(2)5-7-11(17)10-6-8-12(16-15-10)13(3,4)14;1-2/h5-8,17H,1-4H3;1-2H3/b11-7-;. The van der Waals surface area contributed by atoms with Gasteiger partial charge in [0.1, 0.15) is 5.67 Å². The van der Waals surface area contributed by atoms with Gasteiger partial charge in [-0.15, -0.1) is 17.7 Å². The minimum atomic E-state index is -1.47. The van der Waals surface area contributed by atoms with Crippen molar-refractivity contribution in [3.05, 3.63) is 41.2 Å². The minimum Gasteiger partial charge on any atom is -0.238 e. The topological polar surface area (TPSA) is 25.8 Å². The van der Waals surface area contributed by atoms with Crippen molar-refractivity contribution in [3.63, 3.8) is 0 Å². The lowest BCUT2D eigenvalue weighted by molar-refractivity contribution is 0.212. The number of allylic oxidation sites excluding steroid dienone is 3. The Morgan fingerprint density at radius 1 is 1.16 bits per heavy atom. The lowest BCUT2D eigenvalue weighted by Gasteiger charge is -2.12. The Morgan fingerprint density at radius 3 is 2.11 bits per heavy atom. The van der Waals surface area contributed by atoms with E-state index >= 15 is 0 Å². The summed E-state index contributed by atoms with van der Waals surface area (Å²) in [6, 6.07) is 3.36. The molecule has 0 bridgehead atoms. The van der Waals surface area contributed by atoms with Gasteiger partial charge in [-0.3, -0.25) is 0 Å². The van der Waals surface area contributed by atoms with E-state index in [0.717, 1.165) is 0 Å². The second kappa shape index (κ2) is 8.10. The van der Waals surface area contributed by atoms with Gasteiger partial charge in [-0.2, -0.15) is 5.10 Å². The van der Waals surface area contributed by atoms with Crippen LogP contribution in [0.3, 0.4) is 0 Å². The molecule has 0 unspecified atom stereocenters. The molecule has 1 aromatic heterocycles. The third-order valence-corrected chi connectivity index (χ3v) is 2.49. The summed E-state index contributed by atoms with van der Waals surface area (Å²) in [6.07, 6.45) is 3.79. The molecule has 0 saturated heterocycles. The van der Waals surface area contributed by atoms with Crippen LogP contribution in [0.5, 0.6) is 0 Å². The molecule has 0 radical (unpaired) electrons. The van der Waals surface area contributed by atoms with E-state index in [-0.39, 0.29) is 0 Å². The number of nitrogens with zero attached hydrogens (tertiary/aromatic N) is 2. The summed E-state index contributed by atoms with van der Waals surface area (Å²) in [5.41, 5.74) is 0.667. The third-order valence-electron chi connectivity index (χ3n) is 2.11. The zero-order valence-corrected chi connectivity index (χ0v) is 13.4. The molecule has 1 aromatic rings. The van der Waals surface area contributed by atoms with Crippen molar-refractivity contribution in [2.75, 3.05) is 0 Å². The molecule has 1 rings (SSSR count). The SMILES string of the molecule is CC.CC(C)=C/C=C(\S)c1ccc(C(C)(C)F)nn1. The van der Waals surface area contributed by atoms with Crippen LogP contribution in [0.15, 0.2) is 29.9 Å². The fourth-order valence-corrected chi connectivity index (χ4v) is 1.31. The number of halogens is 1. The van der Waals surface area contributed by atoms with Crippen LogP contribution in [-0.2, 0) is 5.67 Å². The number of hydrogen-bond donors (Lipinski definition) is 1. The number of thiol groups is 1. The van der Waals surface area contributed by atoms with Gasteiger partial charge in [0.25, 0.3) is 0 Å². The molecule has 2 nitrogen and oxygen atoms in total. The van der Waals surface area contributed by atoms with Crippen LogP contribution >= 0.6 is 12.6 Å². The quantitative estimate of drug-likeness (QED) is 0.627. The molecule has 0 spiro atoms. The summed E-state index contributed by atoms with van der Waals surface area (Å²) in [5.74, 6) is 0. The molecule has 0 amide bonds. The van der Waals surface area contributed by atoms with E-state index in [1.807, 2.05) is 39.8 Å². The fraction of sp³-hybridized carbons (Fsp3) is 0.467. The maximum absolute atomic E-state index is 13.6. The second-order valence-electron chi connectivity index (χ2n) is 4.57. The van der Waals surface area contributed by atoms with Crippen molar-refractivity contribution in [2.45, 2.75) is 47.2 Å². The van der Waals surface area contributed by atoms with E-state index in [1.54, 1.807) is 12.1 Å². The van der Waals surface area contributed by atoms with E-state index in [9.17, 15) is 4.39 Å². The molecule has 106 valence electrons. The molecule has 0 aliphatic carbocycles. The predicted molar refractivity (Wildman–Crippen MR) is 83.9 cm³/mol. The van der Waals surface area contributed by atoms with Gasteiger partial charge in [-0.1, -0.05) is 25.5 Å². The first kappa shape index (κ1) is 17.8. The summed E-state index contributed by atoms with van der Waals surface area (Å²) in [6.45, 7) is 10.9. The Balaban J connectivity index is 0.00000154. The summed E-state index contributed by atoms with van der Waals surface area (Å²) in [5, 5.41) is 7.82. The van der Waals surface area contributed by atoms with Crippen LogP contribution in [0.1, 0.15) is 52.9 Å². The Hall–Kier alpha value is -1.16. The number of rotatable bonds is 3. The van der Waals surface area contributed by atoms with E-state index in [2.05, 4.69) is 22.8 Å². The van der Waals surface area contributed by atoms with E-state index in [0.29, 0.717) is 16.3 Å². The fourth-order valence-electron chi connectivity index (χ4n) is 1.12. The number of aromatic nitrogens is 2. The van der Waals surface area contributed by atoms with Crippen molar-refractivity contribution in [1.82, 2.24) is 10.2 Å². The number of alkyl halides is 1. The maximum atomic E-state index is 13.6. The predicted octanol–water partition coefficient (Wildman–Crippen LogP) is 4.94. The van der Waals surface area contributed by atoms with Gasteiger partial charge in [0.15, 0.2) is 0 Å². The Labute approximate surface area is 121 Å². The summed E-state index contributed by atoms with van der Waals surface area (Å²) < 4.78 is 13.6. The molecule has 0 aromatic carbocycles. The van der Waals surface area contributed by atoms with E-state index in [1.165, 1.54) is 19.4 Å². The van der Waals surface area contributed by atoms with Crippen molar-refractivity contribution >= 4 is 17.5 Å². The van der Waals surface area contributed by atoms with Crippen LogP contribution in [-0.4, -0.2) is 10.2 Å². The van der Waals surface area contributed by atoms with Crippen LogP contribution in [0.4, 0.5) is 4.39 Å². The van der Waals surface area contributed by atoms with Crippen LogP contribution in [0.2, 0.25) is 0 Å². The zero-order valence-electron chi connectivity index (χ0n) is 12.5. The zero-order chi connectivity index (χ0) is 15.1. The molecular weight excluding hydrogens is 259 g/mol. The first-order valence-corrected chi connectivity index (χ1v) is 6.83. The molecule has 0 aliphatic heterocycles. The number of hydrogen-bond acceptors (Lipinski definition) is 3. The van der Waals surface area contributed by atoms with Gasteiger partial charge in [0.2, 0.25) is 0 Å². The Kier molecular flexibility index (Phi) is 7.61. The monoisotopic (exact) mass is 282 g/mol.